The molecule has 0 aliphatic rings. The number of nitrogens with zero attached hydrogens (tertiary/aromatic N) is 3. The molecule has 20 heavy (non-hydrogen) atoms. The number of hydrogen-bond donors (Lipinski definition) is 1. The molecule has 2 rings (SSSR count). The Morgan fingerprint density at radius 2 is 2.00 bits per heavy atom. The van der Waals surface area contributed by atoms with Gasteiger partial charge in [-0.2, -0.15) is 10.4 Å². The van der Waals surface area contributed by atoms with Crippen LogP contribution in [0.3, 0.4) is 0 Å². The van der Waals surface area contributed by atoms with Gasteiger partial charge in [-0.15, -0.1) is 0 Å². The summed E-state index contributed by atoms with van der Waals surface area (Å²) in [6, 6.07) is 8.28. The average Bonchev–Trinajstić information content (AvgIpc) is 2.67. The van der Waals surface area contributed by atoms with Crippen molar-refractivity contribution in [1.82, 2.24) is 9.78 Å². The zero-order valence-electron chi connectivity index (χ0n) is 11.6. The second-order valence-electron chi connectivity index (χ2n) is 5.20. The molecule has 0 amide bonds. The first kappa shape index (κ1) is 14.1. The quantitative estimate of drug-likeness (QED) is 0.930. The number of nitrogen functional groups attached to an aromatic ring is 1. The van der Waals surface area contributed by atoms with E-state index < -0.39 is 0 Å². The maximum atomic E-state index is 12.9. The van der Waals surface area contributed by atoms with Gasteiger partial charge >= 0.3 is 0 Å². The molecule has 0 aliphatic heterocycles. The first-order valence-corrected chi connectivity index (χ1v) is 6.51. The van der Waals surface area contributed by atoms with E-state index in [1.165, 1.54) is 12.1 Å². The number of halogens is 1. The highest BCUT2D eigenvalue weighted by atomic mass is 19.1. The fraction of sp³-hybridized carbons (Fsp3) is 0.333. The van der Waals surface area contributed by atoms with Crippen molar-refractivity contribution in [1.29, 1.82) is 5.26 Å². The van der Waals surface area contributed by atoms with Crippen LogP contribution < -0.4 is 5.73 Å². The summed E-state index contributed by atoms with van der Waals surface area (Å²) in [5, 5.41) is 13.6. The molecule has 0 fully saturated rings. The van der Waals surface area contributed by atoms with Crippen molar-refractivity contribution >= 4 is 5.82 Å². The SMILES string of the molecule is CC(C)Cc1nn(Cc2ccc(F)cc2)c(N)c1C#N. The monoisotopic (exact) mass is 272 g/mol. The first-order valence-electron chi connectivity index (χ1n) is 6.51. The molecule has 2 N–H and O–H groups in total. The Morgan fingerprint density at radius 3 is 2.55 bits per heavy atom. The number of aromatic nitrogens is 2. The molecule has 1 aromatic carbocycles. The fourth-order valence-corrected chi connectivity index (χ4v) is 2.06. The van der Waals surface area contributed by atoms with Crippen LogP contribution in [0.15, 0.2) is 24.3 Å². The number of nitrogens with two attached hydrogens (primary N) is 1. The minimum atomic E-state index is -0.277. The van der Waals surface area contributed by atoms with Gasteiger partial charge in [-0.25, -0.2) is 9.07 Å². The third-order valence-electron chi connectivity index (χ3n) is 3.02. The van der Waals surface area contributed by atoms with Gasteiger partial charge in [0.1, 0.15) is 23.3 Å². The van der Waals surface area contributed by atoms with E-state index in [1.807, 2.05) is 0 Å². The number of rotatable bonds is 4. The van der Waals surface area contributed by atoms with Crippen molar-refractivity contribution in [3.8, 4) is 6.07 Å². The van der Waals surface area contributed by atoms with Gasteiger partial charge < -0.3 is 5.73 Å². The van der Waals surface area contributed by atoms with Crippen molar-refractivity contribution in [3.63, 3.8) is 0 Å². The van der Waals surface area contributed by atoms with E-state index in [-0.39, 0.29) is 5.82 Å². The maximum absolute atomic E-state index is 12.9. The lowest BCUT2D eigenvalue weighted by Crippen LogP contribution is -2.06. The molecule has 0 bridgehead atoms. The second kappa shape index (κ2) is 5.74. The van der Waals surface area contributed by atoms with Crippen molar-refractivity contribution in [3.05, 3.63) is 46.9 Å². The lowest BCUT2D eigenvalue weighted by atomic mass is 10.1. The summed E-state index contributed by atoms with van der Waals surface area (Å²) >= 11 is 0. The van der Waals surface area contributed by atoms with Gasteiger partial charge in [0, 0.05) is 0 Å². The Balaban J connectivity index is 2.30. The van der Waals surface area contributed by atoms with Crippen LogP contribution in [0.25, 0.3) is 0 Å². The van der Waals surface area contributed by atoms with E-state index >= 15 is 0 Å². The van der Waals surface area contributed by atoms with E-state index in [0.717, 1.165) is 11.3 Å². The van der Waals surface area contributed by atoms with Gasteiger partial charge in [-0.3, -0.25) is 0 Å². The van der Waals surface area contributed by atoms with E-state index in [4.69, 9.17) is 5.73 Å². The van der Waals surface area contributed by atoms with Gasteiger partial charge in [0.25, 0.3) is 0 Å². The van der Waals surface area contributed by atoms with E-state index in [2.05, 4.69) is 25.0 Å². The highest BCUT2D eigenvalue weighted by Crippen LogP contribution is 2.20. The van der Waals surface area contributed by atoms with Crippen molar-refractivity contribution < 1.29 is 4.39 Å². The van der Waals surface area contributed by atoms with Gasteiger partial charge in [0.15, 0.2) is 0 Å². The largest absolute Gasteiger partial charge is 0.383 e. The number of anilines is 1. The predicted octanol–water partition coefficient (Wildman–Crippen LogP) is 2.72. The molecule has 1 heterocycles. The van der Waals surface area contributed by atoms with Crippen LogP contribution in [-0.4, -0.2) is 9.78 Å². The molecule has 5 heteroatoms. The molecule has 0 spiro atoms. The van der Waals surface area contributed by atoms with Crippen LogP contribution in [-0.2, 0) is 13.0 Å². The summed E-state index contributed by atoms with van der Waals surface area (Å²) in [5.74, 6) is 0.489. The maximum Gasteiger partial charge on any atom is 0.140 e. The lowest BCUT2D eigenvalue weighted by Gasteiger charge is -2.04. The standard InChI is InChI=1S/C15H17FN4/c1-10(2)7-14-13(8-17)15(18)20(19-14)9-11-3-5-12(16)6-4-11/h3-6,10H,7,9,18H2,1-2H3. The van der Waals surface area contributed by atoms with Crippen molar-refractivity contribution in [2.75, 3.05) is 5.73 Å². The molecule has 4 nitrogen and oxygen atoms in total. The summed E-state index contributed by atoms with van der Waals surface area (Å²) in [5.41, 5.74) is 8.03. The zero-order chi connectivity index (χ0) is 14.7. The van der Waals surface area contributed by atoms with Crippen molar-refractivity contribution in [2.45, 2.75) is 26.8 Å². The molecular formula is C15H17FN4. The minimum Gasteiger partial charge on any atom is -0.383 e. The highest BCUT2D eigenvalue weighted by Gasteiger charge is 2.16. The van der Waals surface area contributed by atoms with Gasteiger partial charge in [0.2, 0.25) is 0 Å². The first-order chi connectivity index (χ1) is 9.51. The zero-order valence-corrected chi connectivity index (χ0v) is 11.6. The second-order valence-corrected chi connectivity index (χ2v) is 5.20. The normalized spacial score (nSPS) is 10.8. The topological polar surface area (TPSA) is 67.6 Å². The summed E-state index contributed by atoms with van der Waals surface area (Å²) in [4.78, 5) is 0. The lowest BCUT2D eigenvalue weighted by molar-refractivity contribution is 0.607. The van der Waals surface area contributed by atoms with Crippen LogP contribution >= 0.6 is 0 Å². The average molecular weight is 272 g/mol. The van der Waals surface area contributed by atoms with Gasteiger partial charge in [-0.05, 0) is 30.0 Å². The van der Waals surface area contributed by atoms with Crippen LogP contribution in [0.4, 0.5) is 10.2 Å². The predicted molar refractivity (Wildman–Crippen MR) is 75.4 cm³/mol. The third-order valence-corrected chi connectivity index (χ3v) is 3.02. The number of benzene rings is 1. The Bertz CT molecular complexity index is 635. The molecule has 0 radical (unpaired) electrons. The van der Waals surface area contributed by atoms with E-state index in [9.17, 15) is 9.65 Å². The molecule has 0 atom stereocenters. The highest BCUT2D eigenvalue weighted by molar-refractivity contribution is 5.52. The van der Waals surface area contributed by atoms with Crippen molar-refractivity contribution in [2.24, 2.45) is 5.92 Å². The fourth-order valence-electron chi connectivity index (χ4n) is 2.06. The summed E-state index contributed by atoms with van der Waals surface area (Å²) in [7, 11) is 0. The van der Waals surface area contributed by atoms with Crippen LogP contribution in [0, 0.1) is 23.1 Å². The summed E-state index contributed by atoms with van der Waals surface area (Å²) in [6.45, 7) is 4.56. The van der Waals surface area contributed by atoms with Gasteiger partial charge in [-0.1, -0.05) is 26.0 Å². The Kier molecular flexibility index (Phi) is 4.04. The summed E-state index contributed by atoms with van der Waals surface area (Å²) < 4.78 is 14.5. The minimum absolute atomic E-state index is 0.277. The summed E-state index contributed by atoms with van der Waals surface area (Å²) in [6.07, 6.45) is 0.712. The Labute approximate surface area is 117 Å². The Morgan fingerprint density at radius 1 is 1.35 bits per heavy atom. The smallest absolute Gasteiger partial charge is 0.140 e. The molecule has 0 saturated carbocycles. The van der Waals surface area contributed by atoms with Crippen LogP contribution in [0.5, 0.6) is 0 Å². The van der Waals surface area contributed by atoms with Crippen LogP contribution in [0.1, 0.15) is 30.7 Å². The molecule has 104 valence electrons. The van der Waals surface area contributed by atoms with E-state index in [1.54, 1.807) is 16.8 Å². The van der Waals surface area contributed by atoms with Gasteiger partial charge in [0.05, 0.1) is 12.2 Å². The number of nitriles is 1. The molecule has 1 aromatic heterocycles. The molecule has 2 aromatic rings. The number of hydrogen-bond acceptors (Lipinski definition) is 3. The molecule has 0 unspecified atom stereocenters. The third kappa shape index (κ3) is 2.97. The molecule has 0 aliphatic carbocycles. The van der Waals surface area contributed by atoms with Crippen LogP contribution in [0.2, 0.25) is 0 Å². The Hall–Kier alpha value is -2.35. The molecular weight excluding hydrogens is 255 g/mol. The van der Waals surface area contributed by atoms with E-state index in [0.29, 0.717) is 30.3 Å². The molecule has 0 saturated heterocycles.